The van der Waals surface area contributed by atoms with Crippen molar-refractivity contribution in [3.8, 4) is 0 Å². The standard InChI is InChI=1S/C18H16F2N2O5S/c19-14-6-7-15(20)16(10-14)22-17(23)12-27-18(24)11-21-28(25,26)9-8-13-4-2-1-3-5-13/h1-10,21H,11-12H2,(H,22,23)/b9-8+. The van der Waals surface area contributed by atoms with Gasteiger partial charge in [0.05, 0.1) is 5.69 Å². The van der Waals surface area contributed by atoms with E-state index in [1.54, 1.807) is 30.3 Å². The first-order chi connectivity index (χ1) is 13.2. The minimum absolute atomic E-state index is 0.409. The molecule has 2 aromatic carbocycles. The molecule has 2 N–H and O–H groups in total. The van der Waals surface area contributed by atoms with E-state index in [1.807, 2.05) is 10.0 Å². The molecule has 0 atom stereocenters. The van der Waals surface area contributed by atoms with Crippen LogP contribution in [0.4, 0.5) is 14.5 Å². The van der Waals surface area contributed by atoms with E-state index in [1.165, 1.54) is 6.08 Å². The Morgan fingerprint density at radius 2 is 1.79 bits per heavy atom. The van der Waals surface area contributed by atoms with Gasteiger partial charge in [-0.15, -0.1) is 0 Å². The largest absolute Gasteiger partial charge is 0.455 e. The highest BCUT2D eigenvalue weighted by molar-refractivity contribution is 7.92. The summed E-state index contributed by atoms with van der Waals surface area (Å²) in [6.45, 7) is -1.50. The molecule has 0 radical (unpaired) electrons. The molecule has 2 rings (SSSR count). The monoisotopic (exact) mass is 410 g/mol. The maximum Gasteiger partial charge on any atom is 0.321 e. The van der Waals surface area contributed by atoms with Crippen molar-refractivity contribution >= 4 is 33.7 Å². The average Bonchev–Trinajstić information content (AvgIpc) is 2.67. The topological polar surface area (TPSA) is 102 Å². The summed E-state index contributed by atoms with van der Waals surface area (Å²) in [5, 5.41) is 2.92. The zero-order valence-electron chi connectivity index (χ0n) is 14.4. The molecular weight excluding hydrogens is 394 g/mol. The van der Waals surface area contributed by atoms with Crippen LogP contribution < -0.4 is 10.0 Å². The maximum absolute atomic E-state index is 13.4. The van der Waals surface area contributed by atoms with Crippen LogP contribution in [-0.2, 0) is 24.3 Å². The summed E-state index contributed by atoms with van der Waals surface area (Å²) in [5.41, 5.74) is 0.240. The Balaban J connectivity index is 1.78. The Morgan fingerprint density at radius 1 is 1.07 bits per heavy atom. The fourth-order valence-electron chi connectivity index (χ4n) is 1.92. The van der Waals surface area contributed by atoms with Crippen molar-refractivity contribution in [1.82, 2.24) is 4.72 Å². The van der Waals surface area contributed by atoms with E-state index in [0.717, 1.165) is 23.6 Å². The molecule has 0 aliphatic heterocycles. The average molecular weight is 410 g/mol. The van der Waals surface area contributed by atoms with Crippen LogP contribution in [0.3, 0.4) is 0 Å². The second-order valence-electron chi connectivity index (χ2n) is 5.41. The van der Waals surface area contributed by atoms with Crippen LogP contribution in [0, 0.1) is 11.6 Å². The van der Waals surface area contributed by atoms with Gasteiger partial charge in [-0.1, -0.05) is 30.3 Å². The number of amides is 1. The minimum atomic E-state index is -3.90. The molecule has 0 fully saturated rings. The number of ether oxygens (including phenoxy) is 1. The van der Waals surface area contributed by atoms with Crippen molar-refractivity contribution in [3.63, 3.8) is 0 Å². The van der Waals surface area contributed by atoms with Crippen molar-refractivity contribution < 1.29 is 31.5 Å². The third-order valence-electron chi connectivity index (χ3n) is 3.22. The van der Waals surface area contributed by atoms with Crippen molar-refractivity contribution in [2.24, 2.45) is 0 Å². The fourth-order valence-corrected chi connectivity index (χ4v) is 2.67. The lowest BCUT2D eigenvalue weighted by Crippen LogP contribution is -2.31. The van der Waals surface area contributed by atoms with E-state index in [-0.39, 0.29) is 0 Å². The lowest BCUT2D eigenvalue weighted by Gasteiger charge is -2.08. The number of hydrogen-bond acceptors (Lipinski definition) is 5. The number of halogens is 2. The third kappa shape index (κ3) is 7.25. The third-order valence-corrected chi connectivity index (χ3v) is 4.26. The van der Waals surface area contributed by atoms with Gasteiger partial charge < -0.3 is 10.1 Å². The summed E-state index contributed by atoms with van der Waals surface area (Å²) in [6, 6.07) is 11.1. The maximum atomic E-state index is 13.4. The summed E-state index contributed by atoms with van der Waals surface area (Å²) in [4.78, 5) is 23.2. The van der Waals surface area contributed by atoms with Crippen LogP contribution in [0.1, 0.15) is 5.56 Å². The molecule has 28 heavy (non-hydrogen) atoms. The molecule has 0 aliphatic rings. The van der Waals surface area contributed by atoms with Gasteiger partial charge in [-0.3, -0.25) is 9.59 Å². The van der Waals surface area contributed by atoms with Crippen LogP contribution in [0.2, 0.25) is 0 Å². The van der Waals surface area contributed by atoms with Crippen LogP contribution in [0.5, 0.6) is 0 Å². The van der Waals surface area contributed by atoms with E-state index in [2.05, 4.69) is 4.74 Å². The van der Waals surface area contributed by atoms with Crippen LogP contribution in [0.15, 0.2) is 53.9 Å². The van der Waals surface area contributed by atoms with Gasteiger partial charge in [0.2, 0.25) is 10.0 Å². The van der Waals surface area contributed by atoms with Crippen molar-refractivity contribution in [2.45, 2.75) is 0 Å². The van der Waals surface area contributed by atoms with Crippen LogP contribution in [0.25, 0.3) is 6.08 Å². The predicted octanol–water partition coefficient (Wildman–Crippen LogP) is 2.04. The first-order valence-corrected chi connectivity index (χ1v) is 9.43. The number of esters is 1. The highest BCUT2D eigenvalue weighted by atomic mass is 32.2. The molecule has 0 saturated heterocycles. The van der Waals surface area contributed by atoms with E-state index in [4.69, 9.17) is 0 Å². The Morgan fingerprint density at radius 3 is 2.50 bits per heavy atom. The molecule has 7 nitrogen and oxygen atoms in total. The predicted molar refractivity (Wildman–Crippen MR) is 98.3 cm³/mol. The van der Waals surface area contributed by atoms with Crippen molar-refractivity contribution in [1.29, 1.82) is 0 Å². The number of carbonyl (C=O) groups excluding carboxylic acids is 2. The van der Waals surface area contributed by atoms with Gasteiger partial charge in [-0.2, -0.15) is 0 Å². The summed E-state index contributed by atoms with van der Waals surface area (Å²) in [7, 11) is -3.90. The Hall–Kier alpha value is -3.11. The molecule has 0 spiro atoms. The first kappa shape index (κ1) is 21.2. The molecule has 148 valence electrons. The van der Waals surface area contributed by atoms with Crippen molar-refractivity contribution in [2.75, 3.05) is 18.5 Å². The fraction of sp³-hybridized carbons (Fsp3) is 0.111. The smallest absolute Gasteiger partial charge is 0.321 e. The Labute approximate surface area is 160 Å². The minimum Gasteiger partial charge on any atom is -0.455 e. The summed E-state index contributed by atoms with van der Waals surface area (Å²) in [6.07, 6.45) is 1.34. The molecule has 10 heteroatoms. The van der Waals surface area contributed by atoms with Gasteiger partial charge in [0.1, 0.15) is 18.2 Å². The highest BCUT2D eigenvalue weighted by Crippen LogP contribution is 2.14. The van der Waals surface area contributed by atoms with E-state index < -0.39 is 52.4 Å². The van der Waals surface area contributed by atoms with Crippen LogP contribution >= 0.6 is 0 Å². The van der Waals surface area contributed by atoms with Gasteiger partial charge in [-0.05, 0) is 23.8 Å². The van der Waals surface area contributed by atoms with Gasteiger partial charge in [0, 0.05) is 11.5 Å². The normalized spacial score (nSPS) is 11.4. The molecule has 2 aromatic rings. The van der Waals surface area contributed by atoms with Gasteiger partial charge in [-0.25, -0.2) is 21.9 Å². The lowest BCUT2D eigenvalue weighted by atomic mass is 10.2. The zero-order chi connectivity index (χ0) is 20.6. The summed E-state index contributed by atoms with van der Waals surface area (Å²) >= 11 is 0. The van der Waals surface area contributed by atoms with Gasteiger partial charge in [0.25, 0.3) is 5.91 Å². The highest BCUT2D eigenvalue weighted by Gasteiger charge is 2.13. The second kappa shape index (κ2) is 9.72. The molecule has 0 saturated carbocycles. The number of sulfonamides is 1. The lowest BCUT2D eigenvalue weighted by molar-refractivity contribution is -0.146. The molecule has 1 amide bonds. The van der Waals surface area contributed by atoms with E-state index in [0.29, 0.717) is 5.56 Å². The molecule has 0 unspecified atom stereocenters. The molecule has 0 bridgehead atoms. The van der Waals surface area contributed by atoms with Gasteiger partial charge in [0.15, 0.2) is 6.61 Å². The number of anilines is 1. The van der Waals surface area contributed by atoms with E-state index in [9.17, 15) is 26.8 Å². The van der Waals surface area contributed by atoms with E-state index >= 15 is 0 Å². The molecule has 0 heterocycles. The number of benzene rings is 2. The molecule has 0 aromatic heterocycles. The number of hydrogen-bond donors (Lipinski definition) is 2. The SMILES string of the molecule is O=C(COC(=O)CNS(=O)(=O)/C=C/c1ccccc1)Nc1cc(F)ccc1F. The number of nitrogens with one attached hydrogen (secondary N) is 2. The molecular formula is C18H16F2N2O5S. The van der Waals surface area contributed by atoms with Crippen LogP contribution in [-0.4, -0.2) is 33.4 Å². The quantitative estimate of drug-likeness (QED) is 0.649. The first-order valence-electron chi connectivity index (χ1n) is 7.88. The zero-order valence-corrected chi connectivity index (χ0v) is 15.2. The summed E-state index contributed by atoms with van der Waals surface area (Å²) in [5.74, 6) is -3.55. The van der Waals surface area contributed by atoms with Gasteiger partial charge >= 0.3 is 5.97 Å². The number of carbonyl (C=O) groups is 2. The molecule has 0 aliphatic carbocycles. The van der Waals surface area contributed by atoms with Crippen molar-refractivity contribution in [3.05, 3.63) is 71.1 Å². The summed E-state index contributed by atoms with van der Waals surface area (Å²) < 4.78 is 56.6. The Bertz CT molecular complexity index is 979. The Kier molecular flexibility index (Phi) is 7.36. The number of rotatable bonds is 8. The second-order valence-corrected chi connectivity index (χ2v) is 7.06.